The van der Waals surface area contributed by atoms with Crippen LogP contribution in [0.1, 0.15) is 36.5 Å². The Hall–Kier alpha value is -1.17. The summed E-state index contributed by atoms with van der Waals surface area (Å²) in [6.07, 6.45) is 3.06. The average Bonchev–Trinajstić information content (AvgIpc) is 2.55. The SMILES string of the molecule is CCOCCC1CCOC2(C1)CN(C(=O)c1ccc(F)c(Cl)c1)C2. The molecule has 0 saturated carbocycles. The maximum absolute atomic E-state index is 13.2. The largest absolute Gasteiger partial charge is 0.382 e. The predicted molar refractivity (Wildman–Crippen MR) is 89.8 cm³/mol. The second-order valence-electron chi connectivity index (χ2n) is 6.67. The first-order valence-electron chi connectivity index (χ1n) is 8.49. The van der Waals surface area contributed by atoms with E-state index < -0.39 is 5.82 Å². The third-order valence-electron chi connectivity index (χ3n) is 4.88. The summed E-state index contributed by atoms with van der Waals surface area (Å²) in [5, 5.41) is -0.0269. The van der Waals surface area contributed by atoms with Crippen LogP contribution < -0.4 is 0 Å². The lowest BCUT2D eigenvalue weighted by Gasteiger charge is -2.53. The molecule has 3 rings (SSSR count). The molecule has 24 heavy (non-hydrogen) atoms. The number of ether oxygens (including phenoxy) is 2. The number of carbonyl (C=O) groups excluding carboxylic acids is 1. The van der Waals surface area contributed by atoms with Crippen LogP contribution >= 0.6 is 11.6 Å². The van der Waals surface area contributed by atoms with Gasteiger partial charge in [-0.15, -0.1) is 0 Å². The van der Waals surface area contributed by atoms with Crippen LogP contribution in [0.5, 0.6) is 0 Å². The Balaban J connectivity index is 1.55. The van der Waals surface area contributed by atoms with Gasteiger partial charge in [-0.2, -0.15) is 0 Å². The minimum Gasteiger partial charge on any atom is -0.382 e. The molecule has 132 valence electrons. The molecule has 2 saturated heterocycles. The van der Waals surface area contributed by atoms with Gasteiger partial charge in [0.05, 0.1) is 18.1 Å². The quantitative estimate of drug-likeness (QED) is 0.758. The lowest BCUT2D eigenvalue weighted by atomic mass is 9.79. The first-order chi connectivity index (χ1) is 11.5. The zero-order valence-electron chi connectivity index (χ0n) is 13.9. The van der Waals surface area contributed by atoms with Crippen molar-refractivity contribution >= 4 is 17.5 Å². The Labute approximate surface area is 146 Å². The Morgan fingerprint density at radius 3 is 3.00 bits per heavy atom. The van der Waals surface area contributed by atoms with Crippen molar-refractivity contribution in [1.82, 2.24) is 4.90 Å². The van der Waals surface area contributed by atoms with Gasteiger partial charge in [0.2, 0.25) is 0 Å². The van der Waals surface area contributed by atoms with Gasteiger partial charge >= 0.3 is 0 Å². The molecule has 1 atom stereocenters. The second-order valence-corrected chi connectivity index (χ2v) is 7.07. The third-order valence-corrected chi connectivity index (χ3v) is 5.17. The van der Waals surface area contributed by atoms with Gasteiger partial charge in [0, 0.05) is 25.4 Å². The summed E-state index contributed by atoms with van der Waals surface area (Å²) in [5.74, 6) is -0.0496. The van der Waals surface area contributed by atoms with Gasteiger partial charge in [-0.1, -0.05) is 11.6 Å². The topological polar surface area (TPSA) is 38.8 Å². The number of likely N-dealkylation sites (tertiary alicyclic amines) is 1. The second kappa shape index (κ2) is 7.38. The molecule has 2 fully saturated rings. The first kappa shape index (κ1) is 17.6. The summed E-state index contributed by atoms with van der Waals surface area (Å²) in [5.41, 5.74) is 0.203. The van der Waals surface area contributed by atoms with Crippen molar-refractivity contribution in [1.29, 1.82) is 0 Å². The van der Waals surface area contributed by atoms with E-state index >= 15 is 0 Å². The van der Waals surface area contributed by atoms with Crippen molar-refractivity contribution in [2.75, 3.05) is 32.9 Å². The fourth-order valence-corrected chi connectivity index (χ4v) is 3.78. The van der Waals surface area contributed by atoms with Crippen LogP contribution in [0.15, 0.2) is 18.2 Å². The van der Waals surface area contributed by atoms with Crippen molar-refractivity contribution in [3.63, 3.8) is 0 Å². The van der Waals surface area contributed by atoms with E-state index in [0.29, 0.717) is 24.6 Å². The van der Waals surface area contributed by atoms with Crippen LogP contribution in [0.2, 0.25) is 5.02 Å². The molecular formula is C18H23ClFNO3. The lowest BCUT2D eigenvalue weighted by molar-refractivity contribution is -0.167. The van der Waals surface area contributed by atoms with E-state index in [0.717, 1.165) is 39.1 Å². The molecule has 1 aromatic carbocycles. The number of halogens is 2. The highest BCUT2D eigenvalue weighted by molar-refractivity contribution is 6.31. The van der Waals surface area contributed by atoms with Gasteiger partial charge in [-0.3, -0.25) is 4.79 Å². The fraction of sp³-hybridized carbons (Fsp3) is 0.611. The molecule has 0 aliphatic carbocycles. The number of carbonyl (C=O) groups is 1. The molecule has 1 aromatic rings. The molecule has 1 amide bonds. The Morgan fingerprint density at radius 1 is 1.50 bits per heavy atom. The average molecular weight is 356 g/mol. The summed E-state index contributed by atoms with van der Waals surface area (Å²) in [4.78, 5) is 14.2. The van der Waals surface area contributed by atoms with Crippen molar-refractivity contribution in [3.05, 3.63) is 34.6 Å². The highest BCUT2D eigenvalue weighted by atomic mass is 35.5. The van der Waals surface area contributed by atoms with Crippen molar-refractivity contribution in [3.8, 4) is 0 Å². The van der Waals surface area contributed by atoms with Crippen LogP contribution in [-0.2, 0) is 9.47 Å². The van der Waals surface area contributed by atoms with Gasteiger partial charge in [-0.25, -0.2) is 4.39 Å². The normalized spacial score (nSPS) is 22.5. The third kappa shape index (κ3) is 3.73. The first-order valence-corrected chi connectivity index (χ1v) is 8.87. The van der Waals surface area contributed by atoms with Crippen LogP contribution in [0.4, 0.5) is 4.39 Å². The minimum atomic E-state index is -0.513. The molecule has 2 aliphatic rings. The number of amides is 1. The maximum Gasteiger partial charge on any atom is 0.254 e. The van der Waals surface area contributed by atoms with Gasteiger partial charge < -0.3 is 14.4 Å². The fourth-order valence-electron chi connectivity index (χ4n) is 3.60. The summed E-state index contributed by atoms with van der Waals surface area (Å²) in [7, 11) is 0. The van der Waals surface area contributed by atoms with Gasteiger partial charge in [-0.05, 0) is 50.3 Å². The standard InChI is InChI=1S/C18H23ClFNO3/c1-2-23-7-5-13-6-8-24-18(10-13)11-21(12-18)17(22)14-3-4-16(20)15(19)9-14/h3-4,9,13H,2,5-8,10-12H2,1H3. The monoisotopic (exact) mass is 355 g/mol. The van der Waals surface area contributed by atoms with Crippen LogP contribution in [0, 0.1) is 11.7 Å². The molecular weight excluding hydrogens is 333 g/mol. The Morgan fingerprint density at radius 2 is 2.29 bits per heavy atom. The zero-order valence-corrected chi connectivity index (χ0v) is 14.7. The Kier molecular flexibility index (Phi) is 5.42. The summed E-state index contributed by atoms with van der Waals surface area (Å²) >= 11 is 5.76. The maximum atomic E-state index is 13.2. The van der Waals surface area contributed by atoms with Crippen molar-refractivity contribution in [2.24, 2.45) is 5.92 Å². The summed E-state index contributed by atoms with van der Waals surface area (Å²) in [6.45, 7) is 5.45. The number of nitrogens with zero attached hydrogens (tertiary/aromatic N) is 1. The minimum absolute atomic E-state index is 0.0269. The van der Waals surface area contributed by atoms with Gasteiger partial charge in [0.25, 0.3) is 5.91 Å². The van der Waals surface area contributed by atoms with Crippen molar-refractivity contribution in [2.45, 2.75) is 31.8 Å². The van der Waals surface area contributed by atoms with E-state index in [1.54, 1.807) is 4.90 Å². The van der Waals surface area contributed by atoms with E-state index in [1.807, 2.05) is 6.92 Å². The molecule has 4 nitrogen and oxygen atoms in total. The van der Waals surface area contributed by atoms with Gasteiger partial charge in [0.15, 0.2) is 0 Å². The van der Waals surface area contributed by atoms with Gasteiger partial charge in [0.1, 0.15) is 11.4 Å². The van der Waals surface area contributed by atoms with E-state index in [2.05, 4.69) is 0 Å². The molecule has 0 aromatic heterocycles. The molecule has 2 heterocycles. The smallest absolute Gasteiger partial charge is 0.254 e. The molecule has 6 heteroatoms. The molecule has 0 bridgehead atoms. The van der Waals surface area contributed by atoms with Crippen molar-refractivity contribution < 1.29 is 18.7 Å². The van der Waals surface area contributed by atoms with Crippen LogP contribution in [-0.4, -0.2) is 49.3 Å². The highest BCUT2D eigenvalue weighted by Gasteiger charge is 2.49. The van der Waals surface area contributed by atoms with E-state index in [1.165, 1.54) is 18.2 Å². The summed E-state index contributed by atoms with van der Waals surface area (Å²) < 4.78 is 24.7. The molecule has 2 aliphatic heterocycles. The molecule has 1 spiro atoms. The highest BCUT2D eigenvalue weighted by Crippen LogP contribution is 2.38. The van der Waals surface area contributed by atoms with E-state index in [4.69, 9.17) is 21.1 Å². The number of benzene rings is 1. The zero-order chi connectivity index (χ0) is 17.2. The molecule has 1 unspecified atom stereocenters. The Bertz CT molecular complexity index is 604. The molecule has 0 radical (unpaired) electrons. The predicted octanol–water partition coefficient (Wildman–Crippen LogP) is 3.53. The number of rotatable bonds is 5. The summed E-state index contributed by atoms with van der Waals surface area (Å²) in [6, 6.07) is 4.09. The van der Waals surface area contributed by atoms with Crippen LogP contribution in [0.3, 0.4) is 0 Å². The molecule has 0 N–H and O–H groups in total. The number of hydrogen-bond acceptors (Lipinski definition) is 3. The lowest BCUT2D eigenvalue weighted by Crippen LogP contribution is -2.66. The van der Waals surface area contributed by atoms with E-state index in [-0.39, 0.29) is 16.5 Å². The van der Waals surface area contributed by atoms with Crippen LogP contribution in [0.25, 0.3) is 0 Å². The van der Waals surface area contributed by atoms with E-state index in [9.17, 15) is 9.18 Å². The number of hydrogen-bond donors (Lipinski definition) is 0.